The molecule has 1 atom stereocenters. The molecule has 0 radical (unpaired) electrons. The number of carbonyl (C=O) groups excluding carboxylic acids is 1. The first-order chi connectivity index (χ1) is 10.2. The average molecular weight is 296 g/mol. The van der Waals surface area contributed by atoms with Crippen molar-refractivity contribution in [1.82, 2.24) is 4.98 Å². The lowest BCUT2D eigenvalue weighted by molar-refractivity contribution is 0.0984. The first-order valence-electron chi connectivity index (χ1n) is 6.33. The molecule has 102 valence electrons. The summed E-state index contributed by atoms with van der Waals surface area (Å²) >= 11 is 6.00. The molecule has 0 saturated carbocycles. The van der Waals surface area contributed by atoms with Gasteiger partial charge in [0.15, 0.2) is 0 Å². The number of aromatic nitrogens is 1. The van der Waals surface area contributed by atoms with Crippen LogP contribution in [0.3, 0.4) is 0 Å². The van der Waals surface area contributed by atoms with Crippen LogP contribution in [0, 0.1) is 11.3 Å². The van der Waals surface area contributed by atoms with Gasteiger partial charge in [-0.2, -0.15) is 5.26 Å². The first kappa shape index (κ1) is 13.3. The highest BCUT2D eigenvalue weighted by atomic mass is 35.5. The van der Waals surface area contributed by atoms with Crippen LogP contribution in [0.2, 0.25) is 5.15 Å². The molecule has 0 fully saturated rings. The molecule has 0 N–H and O–H groups in total. The topological polar surface area (TPSA) is 57.0 Å². The number of halogens is 1. The predicted octanol–water partition coefficient (Wildman–Crippen LogP) is 3.30. The van der Waals surface area contributed by atoms with Crippen molar-refractivity contribution in [2.24, 2.45) is 0 Å². The van der Waals surface area contributed by atoms with E-state index in [1.54, 1.807) is 18.2 Å². The van der Waals surface area contributed by atoms with Crippen LogP contribution in [0.5, 0.6) is 0 Å². The second-order valence-corrected chi connectivity index (χ2v) is 4.87. The summed E-state index contributed by atoms with van der Waals surface area (Å²) in [4.78, 5) is 18.1. The third-order valence-electron chi connectivity index (χ3n) is 3.27. The molecule has 1 aromatic carbocycles. The minimum atomic E-state index is -0.663. The van der Waals surface area contributed by atoms with Crippen LogP contribution in [-0.2, 0) is 0 Å². The van der Waals surface area contributed by atoms with E-state index in [1.807, 2.05) is 30.3 Å². The smallest absolute Gasteiger partial charge is 0.262 e. The van der Waals surface area contributed by atoms with E-state index in [0.717, 1.165) is 5.56 Å². The Morgan fingerprint density at radius 3 is 2.86 bits per heavy atom. The molecule has 1 unspecified atom stereocenters. The number of carbonyl (C=O) groups is 1. The molecule has 2 aromatic rings. The zero-order chi connectivity index (χ0) is 14.8. The molecule has 0 aliphatic carbocycles. The molecule has 21 heavy (non-hydrogen) atoms. The predicted molar refractivity (Wildman–Crippen MR) is 80.9 cm³/mol. The van der Waals surface area contributed by atoms with Crippen LogP contribution >= 0.6 is 11.6 Å². The first-order valence-corrected chi connectivity index (χ1v) is 6.71. The molecule has 1 aliphatic heterocycles. The number of amides is 1. The van der Waals surface area contributed by atoms with Crippen molar-refractivity contribution in [3.8, 4) is 6.07 Å². The Morgan fingerprint density at radius 2 is 2.10 bits per heavy atom. The fourth-order valence-corrected chi connectivity index (χ4v) is 2.49. The van der Waals surface area contributed by atoms with E-state index in [4.69, 9.17) is 11.6 Å². The monoisotopic (exact) mass is 295 g/mol. The van der Waals surface area contributed by atoms with Gasteiger partial charge in [-0.1, -0.05) is 35.9 Å². The lowest BCUT2D eigenvalue weighted by Gasteiger charge is -2.30. The third-order valence-corrected chi connectivity index (χ3v) is 3.57. The Balaban J connectivity index is 2.11. The number of fused-ring (bicyclic) bond motifs is 1. The summed E-state index contributed by atoms with van der Waals surface area (Å²) in [6.45, 7) is 0. The number of rotatable bonds is 1. The highest BCUT2D eigenvalue weighted by Crippen LogP contribution is 2.30. The SMILES string of the molecule is N#CC1C=Cc2ccccc2N1C(=O)c1cccnc1Cl. The van der Waals surface area contributed by atoms with Gasteiger partial charge in [0, 0.05) is 6.20 Å². The maximum Gasteiger partial charge on any atom is 0.262 e. The number of nitrogens with zero attached hydrogens (tertiary/aromatic N) is 3. The van der Waals surface area contributed by atoms with Crippen molar-refractivity contribution < 1.29 is 4.79 Å². The van der Waals surface area contributed by atoms with Gasteiger partial charge in [-0.25, -0.2) is 4.98 Å². The number of para-hydroxylation sites is 1. The van der Waals surface area contributed by atoms with Gasteiger partial charge in [-0.15, -0.1) is 0 Å². The second kappa shape index (κ2) is 5.39. The summed E-state index contributed by atoms with van der Waals surface area (Å²) in [7, 11) is 0. The highest BCUT2D eigenvalue weighted by Gasteiger charge is 2.29. The van der Waals surface area contributed by atoms with Gasteiger partial charge < -0.3 is 0 Å². The fraction of sp³-hybridized carbons (Fsp3) is 0.0625. The average Bonchev–Trinajstić information content (AvgIpc) is 2.53. The molecule has 5 heteroatoms. The van der Waals surface area contributed by atoms with E-state index >= 15 is 0 Å². The van der Waals surface area contributed by atoms with E-state index < -0.39 is 6.04 Å². The summed E-state index contributed by atoms with van der Waals surface area (Å²) in [5, 5.41) is 9.44. The number of anilines is 1. The van der Waals surface area contributed by atoms with Crippen LogP contribution in [-0.4, -0.2) is 16.9 Å². The minimum absolute atomic E-state index is 0.131. The van der Waals surface area contributed by atoms with Crippen molar-refractivity contribution in [1.29, 1.82) is 5.26 Å². The maximum absolute atomic E-state index is 12.8. The summed E-state index contributed by atoms with van der Waals surface area (Å²) < 4.78 is 0. The van der Waals surface area contributed by atoms with Crippen molar-refractivity contribution in [3.63, 3.8) is 0 Å². The van der Waals surface area contributed by atoms with E-state index in [9.17, 15) is 10.1 Å². The number of benzene rings is 1. The lowest BCUT2D eigenvalue weighted by Crippen LogP contribution is -2.40. The van der Waals surface area contributed by atoms with Crippen LogP contribution in [0.1, 0.15) is 15.9 Å². The Hall–Kier alpha value is -2.64. The zero-order valence-corrected chi connectivity index (χ0v) is 11.7. The normalized spacial score (nSPS) is 16.2. The summed E-state index contributed by atoms with van der Waals surface area (Å²) in [5.41, 5.74) is 1.86. The quantitative estimate of drug-likeness (QED) is 0.759. The Kier molecular flexibility index (Phi) is 3.43. The van der Waals surface area contributed by atoms with E-state index in [2.05, 4.69) is 11.1 Å². The van der Waals surface area contributed by atoms with Crippen molar-refractivity contribution in [2.75, 3.05) is 4.90 Å². The van der Waals surface area contributed by atoms with Gasteiger partial charge in [0.1, 0.15) is 11.2 Å². The molecular formula is C16H10ClN3O. The molecule has 0 bridgehead atoms. The van der Waals surface area contributed by atoms with Crippen LogP contribution < -0.4 is 4.90 Å². The standard InChI is InChI=1S/C16H10ClN3O/c17-15-13(5-3-9-19-15)16(21)20-12(10-18)8-7-11-4-1-2-6-14(11)20/h1-9,12H. The minimum Gasteiger partial charge on any atom is -0.288 e. The van der Waals surface area contributed by atoms with E-state index in [1.165, 1.54) is 11.1 Å². The largest absolute Gasteiger partial charge is 0.288 e. The summed E-state index contributed by atoms with van der Waals surface area (Å²) in [6, 6.07) is 12.1. The summed E-state index contributed by atoms with van der Waals surface area (Å²) in [6.07, 6.45) is 5.06. The van der Waals surface area contributed by atoms with Gasteiger partial charge in [0.25, 0.3) is 5.91 Å². The molecule has 1 aliphatic rings. The fourth-order valence-electron chi connectivity index (χ4n) is 2.29. The molecule has 1 amide bonds. The van der Waals surface area contributed by atoms with Crippen molar-refractivity contribution >= 4 is 29.3 Å². The van der Waals surface area contributed by atoms with Crippen LogP contribution in [0.25, 0.3) is 6.08 Å². The Bertz CT molecular complexity index is 779. The molecule has 4 nitrogen and oxygen atoms in total. The van der Waals surface area contributed by atoms with Crippen molar-refractivity contribution in [2.45, 2.75) is 6.04 Å². The lowest BCUT2D eigenvalue weighted by atomic mass is 10.0. The van der Waals surface area contributed by atoms with Gasteiger partial charge in [-0.3, -0.25) is 9.69 Å². The molecular weight excluding hydrogens is 286 g/mol. The Labute approximate surface area is 126 Å². The Morgan fingerprint density at radius 1 is 1.29 bits per heavy atom. The van der Waals surface area contributed by atoms with Gasteiger partial charge >= 0.3 is 0 Å². The zero-order valence-electron chi connectivity index (χ0n) is 10.9. The molecule has 0 spiro atoms. The number of hydrogen-bond donors (Lipinski definition) is 0. The second-order valence-electron chi connectivity index (χ2n) is 4.51. The van der Waals surface area contributed by atoms with Crippen LogP contribution in [0.4, 0.5) is 5.69 Å². The van der Waals surface area contributed by atoms with Crippen molar-refractivity contribution in [3.05, 3.63) is 65.0 Å². The summed E-state index contributed by atoms with van der Waals surface area (Å²) in [5.74, 6) is -0.337. The molecule has 0 saturated heterocycles. The molecule has 1 aromatic heterocycles. The number of nitriles is 1. The van der Waals surface area contributed by atoms with Crippen LogP contribution in [0.15, 0.2) is 48.7 Å². The van der Waals surface area contributed by atoms with E-state index in [0.29, 0.717) is 5.69 Å². The number of hydrogen-bond acceptors (Lipinski definition) is 3. The third kappa shape index (κ3) is 2.28. The molecule has 3 rings (SSSR count). The van der Waals surface area contributed by atoms with E-state index in [-0.39, 0.29) is 16.6 Å². The number of pyridine rings is 1. The van der Waals surface area contributed by atoms with Gasteiger partial charge in [-0.05, 0) is 29.8 Å². The maximum atomic E-state index is 12.8. The van der Waals surface area contributed by atoms with Gasteiger partial charge in [0.05, 0.1) is 17.3 Å². The molecule has 2 heterocycles. The van der Waals surface area contributed by atoms with Gasteiger partial charge in [0.2, 0.25) is 0 Å². The highest BCUT2D eigenvalue weighted by molar-refractivity contribution is 6.33.